The first-order chi connectivity index (χ1) is 17.0. The molecule has 0 rings (SSSR count). The molecule has 0 aromatic rings. The SMILES string of the molecule is CCCCCCCC/C=C\CCCCCCCC(=O)OCC/C(C)=C/C/C=C(\C)CCC=C(C)C. The molecule has 0 heterocycles. The van der Waals surface area contributed by atoms with Gasteiger partial charge < -0.3 is 4.74 Å². The molecule has 0 atom stereocenters. The molecule has 0 N–H and O–H groups in total. The van der Waals surface area contributed by atoms with Crippen LogP contribution in [0.2, 0.25) is 0 Å². The molecule has 35 heavy (non-hydrogen) atoms. The van der Waals surface area contributed by atoms with Gasteiger partial charge >= 0.3 is 5.97 Å². The van der Waals surface area contributed by atoms with Gasteiger partial charge in [-0.05, 0) is 79.1 Å². The molecule has 2 heteroatoms. The highest BCUT2D eigenvalue weighted by Gasteiger charge is 2.02. The maximum absolute atomic E-state index is 11.9. The zero-order valence-corrected chi connectivity index (χ0v) is 24.1. The van der Waals surface area contributed by atoms with Gasteiger partial charge in [-0.25, -0.2) is 0 Å². The fraction of sp³-hybridized carbons (Fsp3) is 0.727. The van der Waals surface area contributed by atoms with Crippen molar-refractivity contribution in [1.29, 1.82) is 0 Å². The molecule has 0 amide bonds. The molecule has 0 radical (unpaired) electrons. The number of allylic oxidation sites excluding steroid dienone is 7. The second kappa shape index (κ2) is 25.5. The van der Waals surface area contributed by atoms with Crippen LogP contribution in [0.15, 0.2) is 47.1 Å². The number of rotatable bonds is 23. The number of esters is 1. The van der Waals surface area contributed by atoms with Gasteiger partial charge in [0.15, 0.2) is 0 Å². The Hall–Kier alpha value is -1.57. The molecule has 0 saturated heterocycles. The van der Waals surface area contributed by atoms with Crippen LogP contribution in [0.4, 0.5) is 0 Å². The number of hydrogen-bond acceptors (Lipinski definition) is 2. The number of carbonyl (C=O) groups excluding carboxylic acids is 1. The van der Waals surface area contributed by atoms with Crippen molar-refractivity contribution in [2.75, 3.05) is 6.61 Å². The molecule has 0 aliphatic rings. The van der Waals surface area contributed by atoms with Gasteiger partial charge in [-0.3, -0.25) is 4.79 Å². The lowest BCUT2D eigenvalue weighted by molar-refractivity contribution is -0.143. The van der Waals surface area contributed by atoms with Crippen molar-refractivity contribution < 1.29 is 9.53 Å². The van der Waals surface area contributed by atoms with Crippen LogP contribution in [-0.4, -0.2) is 12.6 Å². The first kappa shape index (κ1) is 33.4. The van der Waals surface area contributed by atoms with Crippen LogP contribution in [0.25, 0.3) is 0 Å². The summed E-state index contributed by atoms with van der Waals surface area (Å²) in [5, 5.41) is 0. The van der Waals surface area contributed by atoms with Crippen molar-refractivity contribution in [3.05, 3.63) is 47.1 Å². The molecule has 0 aliphatic heterocycles. The van der Waals surface area contributed by atoms with Crippen LogP contribution in [0, 0.1) is 0 Å². The van der Waals surface area contributed by atoms with Crippen LogP contribution in [-0.2, 0) is 9.53 Å². The predicted molar refractivity (Wildman–Crippen MR) is 156 cm³/mol. The van der Waals surface area contributed by atoms with E-state index in [0.29, 0.717) is 13.0 Å². The van der Waals surface area contributed by atoms with Crippen molar-refractivity contribution in [3.8, 4) is 0 Å². The van der Waals surface area contributed by atoms with Crippen molar-refractivity contribution >= 4 is 5.97 Å². The van der Waals surface area contributed by atoms with Gasteiger partial charge in [0.2, 0.25) is 0 Å². The summed E-state index contributed by atoms with van der Waals surface area (Å²) in [6.45, 7) is 11.4. The Morgan fingerprint density at radius 2 is 1.14 bits per heavy atom. The Morgan fingerprint density at radius 1 is 0.600 bits per heavy atom. The molecule has 0 saturated carbocycles. The minimum absolute atomic E-state index is 0.0366. The Morgan fingerprint density at radius 3 is 1.74 bits per heavy atom. The molecule has 202 valence electrons. The van der Waals surface area contributed by atoms with E-state index < -0.39 is 0 Å². The second-order valence-corrected chi connectivity index (χ2v) is 10.5. The van der Waals surface area contributed by atoms with Crippen LogP contribution in [0.3, 0.4) is 0 Å². The smallest absolute Gasteiger partial charge is 0.305 e. The summed E-state index contributed by atoms with van der Waals surface area (Å²) in [6.07, 6.45) is 32.8. The normalized spacial score (nSPS) is 12.4. The molecule has 0 bridgehead atoms. The van der Waals surface area contributed by atoms with Crippen molar-refractivity contribution in [1.82, 2.24) is 0 Å². The highest BCUT2D eigenvalue weighted by Crippen LogP contribution is 2.12. The maximum Gasteiger partial charge on any atom is 0.305 e. The van der Waals surface area contributed by atoms with Gasteiger partial charge in [0.05, 0.1) is 6.61 Å². The average Bonchev–Trinajstić information content (AvgIpc) is 2.81. The number of unbranched alkanes of at least 4 members (excludes halogenated alkanes) is 11. The highest BCUT2D eigenvalue weighted by molar-refractivity contribution is 5.69. The summed E-state index contributed by atoms with van der Waals surface area (Å²) in [6, 6.07) is 0. The summed E-state index contributed by atoms with van der Waals surface area (Å²) in [7, 11) is 0. The lowest BCUT2D eigenvalue weighted by Crippen LogP contribution is -2.05. The third-order valence-corrected chi connectivity index (χ3v) is 6.43. The highest BCUT2D eigenvalue weighted by atomic mass is 16.5. The van der Waals surface area contributed by atoms with Gasteiger partial charge in [0, 0.05) is 12.8 Å². The van der Waals surface area contributed by atoms with Gasteiger partial charge in [-0.1, -0.05) is 105 Å². The largest absolute Gasteiger partial charge is 0.465 e. The van der Waals surface area contributed by atoms with Crippen LogP contribution in [0.5, 0.6) is 0 Å². The standard InChI is InChI=1S/C33H58O2/c1-6-7-8-9-10-11-12-13-14-15-16-17-18-19-20-27-33(34)35-29-28-32(5)26-22-25-31(4)24-21-23-30(2)3/h13-14,23,25-26H,6-12,15-22,24,27-29H2,1-5H3/b14-13-,31-25+,32-26+. The monoisotopic (exact) mass is 486 g/mol. The Kier molecular flexibility index (Phi) is 24.4. The Balaban J connectivity index is 3.57. The Labute approximate surface area is 219 Å². The lowest BCUT2D eigenvalue weighted by atomic mass is 10.1. The summed E-state index contributed by atoms with van der Waals surface area (Å²) < 4.78 is 5.42. The van der Waals surface area contributed by atoms with Gasteiger partial charge in [0.25, 0.3) is 0 Å². The quantitative estimate of drug-likeness (QED) is 0.0815. The summed E-state index contributed by atoms with van der Waals surface area (Å²) >= 11 is 0. The van der Waals surface area contributed by atoms with Gasteiger partial charge in [-0.2, -0.15) is 0 Å². The zero-order valence-electron chi connectivity index (χ0n) is 24.1. The first-order valence-corrected chi connectivity index (χ1v) is 14.7. The number of carbonyl (C=O) groups is 1. The van der Waals surface area contributed by atoms with Gasteiger partial charge in [-0.15, -0.1) is 0 Å². The summed E-state index contributed by atoms with van der Waals surface area (Å²) in [5.41, 5.74) is 4.13. The summed E-state index contributed by atoms with van der Waals surface area (Å²) in [5.74, 6) is -0.0366. The van der Waals surface area contributed by atoms with Gasteiger partial charge in [0.1, 0.15) is 0 Å². The Bertz CT molecular complexity index is 617. The predicted octanol–water partition coefficient (Wildman–Crippen LogP) is 11.0. The molecule has 2 nitrogen and oxygen atoms in total. The van der Waals surface area contributed by atoms with E-state index in [-0.39, 0.29) is 5.97 Å². The van der Waals surface area contributed by atoms with E-state index in [1.165, 1.54) is 87.3 Å². The van der Waals surface area contributed by atoms with Crippen molar-refractivity contribution in [3.63, 3.8) is 0 Å². The third-order valence-electron chi connectivity index (χ3n) is 6.43. The molecule has 0 spiro atoms. The zero-order chi connectivity index (χ0) is 26.0. The molecule has 0 fully saturated rings. The van der Waals surface area contributed by atoms with Crippen LogP contribution in [0.1, 0.15) is 150 Å². The second-order valence-electron chi connectivity index (χ2n) is 10.5. The molecule has 0 unspecified atom stereocenters. The van der Waals surface area contributed by atoms with Crippen LogP contribution < -0.4 is 0 Å². The number of hydrogen-bond donors (Lipinski definition) is 0. The molecular weight excluding hydrogens is 428 g/mol. The van der Waals surface area contributed by atoms with E-state index >= 15 is 0 Å². The van der Waals surface area contributed by atoms with E-state index in [0.717, 1.165) is 38.5 Å². The van der Waals surface area contributed by atoms with E-state index in [4.69, 9.17) is 4.74 Å². The first-order valence-electron chi connectivity index (χ1n) is 14.7. The van der Waals surface area contributed by atoms with E-state index in [9.17, 15) is 4.79 Å². The third kappa shape index (κ3) is 26.9. The molecule has 0 aliphatic carbocycles. The fourth-order valence-electron chi connectivity index (χ4n) is 3.99. The topological polar surface area (TPSA) is 26.3 Å². The summed E-state index contributed by atoms with van der Waals surface area (Å²) in [4.78, 5) is 11.9. The minimum atomic E-state index is -0.0366. The fourth-order valence-corrected chi connectivity index (χ4v) is 3.99. The number of ether oxygens (including phenoxy) is 1. The minimum Gasteiger partial charge on any atom is -0.465 e. The molecular formula is C33H58O2. The maximum atomic E-state index is 11.9. The molecule has 0 aromatic carbocycles. The average molecular weight is 487 g/mol. The van der Waals surface area contributed by atoms with Crippen molar-refractivity contribution in [2.24, 2.45) is 0 Å². The van der Waals surface area contributed by atoms with Crippen LogP contribution >= 0.6 is 0 Å². The van der Waals surface area contributed by atoms with E-state index in [1.807, 2.05) is 0 Å². The van der Waals surface area contributed by atoms with E-state index in [1.54, 1.807) is 0 Å². The molecule has 0 aromatic heterocycles. The van der Waals surface area contributed by atoms with Crippen molar-refractivity contribution in [2.45, 2.75) is 150 Å². The lowest BCUT2D eigenvalue weighted by Gasteiger charge is -2.05. The van der Waals surface area contributed by atoms with E-state index in [2.05, 4.69) is 65.0 Å².